The zero-order chi connectivity index (χ0) is 19.7. The highest BCUT2D eigenvalue weighted by Gasteiger charge is 2.49. The van der Waals surface area contributed by atoms with Crippen molar-refractivity contribution in [1.29, 1.82) is 0 Å². The molecule has 0 unspecified atom stereocenters. The van der Waals surface area contributed by atoms with Gasteiger partial charge in [0.25, 0.3) is 5.91 Å². The second-order valence-corrected chi connectivity index (χ2v) is 8.14. The highest BCUT2D eigenvalue weighted by molar-refractivity contribution is 6.00. The van der Waals surface area contributed by atoms with Crippen LogP contribution in [0.3, 0.4) is 0 Å². The van der Waals surface area contributed by atoms with Gasteiger partial charge in [-0.15, -0.1) is 0 Å². The van der Waals surface area contributed by atoms with Crippen LogP contribution in [0, 0.1) is 19.3 Å². The zero-order valence-electron chi connectivity index (χ0n) is 16.4. The summed E-state index contributed by atoms with van der Waals surface area (Å²) in [5.74, 6) is 0.0171. The minimum absolute atomic E-state index is 0.00287. The fourth-order valence-corrected chi connectivity index (χ4v) is 4.59. The van der Waals surface area contributed by atoms with Crippen LogP contribution >= 0.6 is 0 Å². The van der Waals surface area contributed by atoms with E-state index in [1.165, 1.54) is 0 Å². The van der Waals surface area contributed by atoms with Gasteiger partial charge in [-0.05, 0) is 63.3 Å². The Morgan fingerprint density at radius 2 is 2.11 bits per heavy atom. The van der Waals surface area contributed by atoms with Crippen molar-refractivity contribution < 1.29 is 9.59 Å². The molecule has 2 fully saturated rings. The summed E-state index contributed by atoms with van der Waals surface area (Å²) >= 11 is 0. The smallest absolute Gasteiger partial charge is 0.270 e. The van der Waals surface area contributed by atoms with Crippen LogP contribution < -0.4 is 10.2 Å². The van der Waals surface area contributed by atoms with E-state index in [4.69, 9.17) is 0 Å². The second-order valence-electron chi connectivity index (χ2n) is 8.14. The minimum Gasteiger partial charge on any atom is -0.348 e. The third kappa shape index (κ3) is 3.51. The number of carbonyl (C=O) groups excluding carboxylic acids is 2. The van der Waals surface area contributed by atoms with Crippen molar-refractivity contribution in [2.24, 2.45) is 5.41 Å². The lowest BCUT2D eigenvalue weighted by molar-refractivity contribution is -0.127. The first-order valence-corrected chi connectivity index (χ1v) is 9.95. The van der Waals surface area contributed by atoms with Gasteiger partial charge in [0.1, 0.15) is 5.69 Å². The van der Waals surface area contributed by atoms with Crippen LogP contribution in [0.1, 0.15) is 53.8 Å². The molecule has 2 aromatic heterocycles. The van der Waals surface area contributed by atoms with Crippen LogP contribution in [-0.2, 0) is 4.79 Å². The third-order valence-corrected chi connectivity index (χ3v) is 5.99. The molecule has 146 valence electrons. The number of nitrogens with one attached hydrogen (secondary N) is 1. The largest absolute Gasteiger partial charge is 0.348 e. The molecule has 0 radical (unpaired) electrons. The van der Waals surface area contributed by atoms with Gasteiger partial charge in [-0.1, -0.05) is 12.5 Å². The predicted molar refractivity (Wildman–Crippen MR) is 107 cm³/mol. The molecule has 0 aromatic carbocycles. The number of amides is 2. The topological polar surface area (TPSA) is 75.2 Å². The normalized spacial score (nSPS) is 24.6. The van der Waals surface area contributed by atoms with Crippen LogP contribution in [0.15, 0.2) is 36.7 Å². The maximum Gasteiger partial charge on any atom is 0.270 e. The highest BCUT2D eigenvalue weighted by Crippen LogP contribution is 2.46. The molecule has 1 saturated heterocycles. The molecular weight excluding hydrogens is 352 g/mol. The number of aryl methyl sites for hydroxylation is 2. The van der Waals surface area contributed by atoms with Gasteiger partial charge in [-0.25, -0.2) is 4.98 Å². The van der Waals surface area contributed by atoms with Crippen molar-refractivity contribution >= 4 is 17.5 Å². The van der Waals surface area contributed by atoms with E-state index in [0.29, 0.717) is 18.7 Å². The molecule has 2 aromatic rings. The number of rotatable bonds is 3. The van der Waals surface area contributed by atoms with E-state index in [2.05, 4.69) is 15.3 Å². The third-order valence-electron chi connectivity index (χ3n) is 5.99. The molecule has 2 aliphatic rings. The number of carbonyl (C=O) groups is 2. The Hall–Kier alpha value is -2.76. The SMILES string of the molecule is Cc1cncc(N2CC[C@]3(CCC[C@@H](NC(=O)c4cccc(C)n4)C3)C2=O)c1. The molecule has 1 aliphatic heterocycles. The molecule has 1 aliphatic carbocycles. The van der Waals surface area contributed by atoms with Gasteiger partial charge in [0.2, 0.25) is 5.91 Å². The molecule has 0 bridgehead atoms. The van der Waals surface area contributed by atoms with Gasteiger partial charge < -0.3 is 10.2 Å². The standard InChI is InChI=1S/C22H26N4O2/c1-15-11-18(14-23-13-15)26-10-9-22(21(26)28)8-4-6-17(12-22)25-20(27)19-7-3-5-16(2)24-19/h3,5,7,11,13-14,17H,4,6,8-10,12H2,1-2H3,(H,25,27)/t17-,22+/m1/s1. The highest BCUT2D eigenvalue weighted by atomic mass is 16.2. The Morgan fingerprint density at radius 1 is 1.25 bits per heavy atom. The van der Waals surface area contributed by atoms with Gasteiger partial charge in [-0.3, -0.25) is 14.6 Å². The Morgan fingerprint density at radius 3 is 2.89 bits per heavy atom. The van der Waals surface area contributed by atoms with Crippen molar-refractivity contribution in [2.75, 3.05) is 11.4 Å². The summed E-state index contributed by atoms with van der Waals surface area (Å²) in [6.45, 7) is 4.57. The number of hydrogen-bond donors (Lipinski definition) is 1. The van der Waals surface area contributed by atoms with Crippen LogP contribution in [0.4, 0.5) is 5.69 Å². The van der Waals surface area contributed by atoms with E-state index < -0.39 is 0 Å². The predicted octanol–water partition coefficient (Wildman–Crippen LogP) is 3.19. The molecule has 1 spiro atoms. The molecule has 4 rings (SSSR count). The summed E-state index contributed by atoms with van der Waals surface area (Å²) in [6.07, 6.45) is 7.81. The van der Waals surface area contributed by atoms with Gasteiger partial charge >= 0.3 is 0 Å². The van der Waals surface area contributed by atoms with Crippen molar-refractivity contribution in [1.82, 2.24) is 15.3 Å². The zero-order valence-corrected chi connectivity index (χ0v) is 16.4. The van der Waals surface area contributed by atoms with Crippen molar-refractivity contribution in [3.63, 3.8) is 0 Å². The van der Waals surface area contributed by atoms with Crippen molar-refractivity contribution in [3.05, 3.63) is 53.6 Å². The summed E-state index contributed by atoms with van der Waals surface area (Å²) in [5.41, 5.74) is 2.80. The first-order chi connectivity index (χ1) is 13.5. The number of aromatic nitrogens is 2. The van der Waals surface area contributed by atoms with Crippen molar-refractivity contribution in [3.8, 4) is 0 Å². The van der Waals surface area contributed by atoms with E-state index in [9.17, 15) is 9.59 Å². The summed E-state index contributed by atoms with van der Waals surface area (Å²) in [7, 11) is 0. The van der Waals surface area contributed by atoms with Crippen LogP contribution in [-0.4, -0.2) is 34.4 Å². The second kappa shape index (κ2) is 7.34. The molecule has 2 amide bonds. The summed E-state index contributed by atoms with van der Waals surface area (Å²) < 4.78 is 0. The lowest BCUT2D eigenvalue weighted by atomic mass is 9.71. The Balaban J connectivity index is 1.47. The maximum absolute atomic E-state index is 13.3. The minimum atomic E-state index is -0.375. The van der Waals surface area contributed by atoms with Gasteiger partial charge in [-0.2, -0.15) is 0 Å². The molecule has 6 heteroatoms. The Labute approximate surface area is 165 Å². The number of anilines is 1. The maximum atomic E-state index is 13.3. The average molecular weight is 378 g/mol. The molecule has 1 saturated carbocycles. The van der Waals surface area contributed by atoms with E-state index in [-0.39, 0.29) is 23.3 Å². The molecule has 3 heterocycles. The van der Waals surface area contributed by atoms with E-state index in [0.717, 1.165) is 42.6 Å². The first-order valence-electron chi connectivity index (χ1n) is 9.95. The quantitative estimate of drug-likeness (QED) is 0.890. The first kappa shape index (κ1) is 18.6. The monoisotopic (exact) mass is 378 g/mol. The lowest BCUT2D eigenvalue weighted by Gasteiger charge is -2.36. The number of nitrogens with zero attached hydrogens (tertiary/aromatic N) is 3. The van der Waals surface area contributed by atoms with Crippen molar-refractivity contribution in [2.45, 2.75) is 52.0 Å². The Bertz CT molecular complexity index is 913. The van der Waals surface area contributed by atoms with Gasteiger partial charge in [0.15, 0.2) is 0 Å². The van der Waals surface area contributed by atoms with E-state index in [1.807, 2.05) is 36.9 Å². The molecule has 6 nitrogen and oxygen atoms in total. The van der Waals surface area contributed by atoms with Crippen LogP contribution in [0.25, 0.3) is 0 Å². The van der Waals surface area contributed by atoms with Crippen LogP contribution in [0.2, 0.25) is 0 Å². The van der Waals surface area contributed by atoms with Gasteiger partial charge in [0.05, 0.1) is 17.3 Å². The molecule has 2 atom stereocenters. The molecule has 28 heavy (non-hydrogen) atoms. The summed E-state index contributed by atoms with van der Waals surface area (Å²) in [4.78, 5) is 36.3. The fraction of sp³-hybridized carbons (Fsp3) is 0.455. The summed E-state index contributed by atoms with van der Waals surface area (Å²) in [5, 5.41) is 3.11. The Kier molecular flexibility index (Phi) is 4.87. The molecule has 1 N–H and O–H groups in total. The number of hydrogen-bond acceptors (Lipinski definition) is 4. The lowest BCUT2D eigenvalue weighted by Crippen LogP contribution is -2.46. The molecular formula is C22H26N4O2. The van der Waals surface area contributed by atoms with Gasteiger partial charge in [0, 0.05) is 24.5 Å². The fourth-order valence-electron chi connectivity index (χ4n) is 4.59. The van der Waals surface area contributed by atoms with E-state index in [1.54, 1.807) is 18.5 Å². The number of pyridine rings is 2. The van der Waals surface area contributed by atoms with E-state index >= 15 is 0 Å². The summed E-state index contributed by atoms with van der Waals surface area (Å²) in [6, 6.07) is 7.46. The van der Waals surface area contributed by atoms with Crippen LogP contribution in [0.5, 0.6) is 0 Å². The average Bonchev–Trinajstić information content (AvgIpc) is 2.97.